The molecule has 0 spiro atoms. The Morgan fingerprint density at radius 3 is 2.61 bits per heavy atom. The predicted octanol–water partition coefficient (Wildman–Crippen LogP) is 1.98. The maximum Gasteiger partial charge on any atom is 0.273 e. The molecule has 4 rings (SSSR count). The summed E-state index contributed by atoms with van der Waals surface area (Å²) in [5.41, 5.74) is 1.14. The minimum absolute atomic E-state index is 0.0735. The molecule has 2 aromatic heterocycles. The number of aromatic nitrogens is 5. The van der Waals surface area contributed by atoms with Crippen molar-refractivity contribution in [1.29, 1.82) is 0 Å². The van der Waals surface area contributed by atoms with Crippen LogP contribution in [0.4, 0.5) is 26.0 Å². The van der Waals surface area contributed by atoms with Crippen molar-refractivity contribution < 1.29 is 23.1 Å². The third kappa shape index (κ3) is 4.42. The Labute approximate surface area is 186 Å². The number of carbonyl (C=O) groups excluding carboxylic acids is 2. The zero-order valence-electron chi connectivity index (χ0n) is 17.9. The molecule has 0 bridgehead atoms. The first-order valence-corrected chi connectivity index (χ1v) is 9.82. The van der Waals surface area contributed by atoms with Crippen molar-refractivity contribution in [3.63, 3.8) is 0 Å². The summed E-state index contributed by atoms with van der Waals surface area (Å²) in [4.78, 5) is 28.6. The molecule has 1 aliphatic rings. The van der Waals surface area contributed by atoms with E-state index in [-0.39, 0.29) is 17.2 Å². The van der Waals surface area contributed by atoms with Crippen LogP contribution in [-0.4, -0.2) is 56.9 Å². The number of alkyl halides is 2. The molecule has 33 heavy (non-hydrogen) atoms. The van der Waals surface area contributed by atoms with Crippen molar-refractivity contribution in [3.8, 4) is 17.1 Å². The number of aryl methyl sites for hydroxylation is 1. The van der Waals surface area contributed by atoms with Gasteiger partial charge in [-0.25, -0.2) is 13.8 Å². The minimum atomic E-state index is -3.02. The number of anilines is 3. The number of amides is 2. The van der Waals surface area contributed by atoms with Crippen LogP contribution >= 0.6 is 0 Å². The van der Waals surface area contributed by atoms with Crippen LogP contribution in [-0.2, 0) is 11.8 Å². The van der Waals surface area contributed by atoms with Crippen LogP contribution < -0.4 is 20.7 Å². The van der Waals surface area contributed by atoms with Gasteiger partial charge in [-0.05, 0) is 12.1 Å². The molecule has 13 heteroatoms. The van der Waals surface area contributed by atoms with Gasteiger partial charge in [-0.3, -0.25) is 14.3 Å². The number of nitrogens with zero attached hydrogens (tertiary/aromatic N) is 5. The molecule has 3 aromatic rings. The van der Waals surface area contributed by atoms with E-state index in [1.807, 2.05) is 0 Å². The number of rotatable bonds is 7. The summed E-state index contributed by atoms with van der Waals surface area (Å²) in [6.45, 7) is 0. The van der Waals surface area contributed by atoms with Gasteiger partial charge in [0.1, 0.15) is 12.2 Å². The molecule has 0 aliphatic heterocycles. The van der Waals surface area contributed by atoms with Crippen LogP contribution in [0.2, 0.25) is 0 Å². The third-order valence-electron chi connectivity index (χ3n) is 4.96. The van der Waals surface area contributed by atoms with E-state index in [4.69, 9.17) is 4.74 Å². The molecule has 3 N–H and O–H groups in total. The Morgan fingerprint density at radius 1 is 1.24 bits per heavy atom. The molecule has 0 saturated heterocycles. The van der Waals surface area contributed by atoms with Crippen molar-refractivity contribution in [2.45, 2.75) is 12.3 Å². The average Bonchev–Trinajstić information content (AvgIpc) is 3.22. The van der Waals surface area contributed by atoms with Crippen LogP contribution in [0.25, 0.3) is 11.4 Å². The van der Waals surface area contributed by atoms with Crippen LogP contribution in [0.5, 0.6) is 5.75 Å². The number of hydrogen-bond donors (Lipinski definition) is 3. The lowest BCUT2D eigenvalue weighted by molar-refractivity contribution is -0.119. The SMILES string of the molecule is CNC(=O)c1nnc(NC(=O)[C@@H]2CC2(F)F)cc1Nc1cccc(-c2ncn(C)n2)c1OC. The normalized spacial score (nSPS) is 16.1. The molecule has 0 radical (unpaired) electrons. The highest BCUT2D eigenvalue weighted by Crippen LogP contribution is 2.49. The summed E-state index contributed by atoms with van der Waals surface area (Å²) in [7, 11) is 4.63. The Balaban J connectivity index is 1.69. The minimum Gasteiger partial charge on any atom is -0.494 e. The first-order chi connectivity index (χ1) is 15.7. The van der Waals surface area contributed by atoms with Gasteiger partial charge in [-0.2, -0.15) is 5.10 Å². The second kappa shape index (κ2) is 8.41. The topological polar surface area (TPSA) is 136 Å². The fraction of sp³-hybridized carbons (Fsp3) is 0.300. The highest BCUT2D eigenvalue weighted by atomic mass is 19.3. The lowest BCUT2D eigenvalue weighted by Gasteiger charge is -2.16. The Bertz CT molecular complexity index is 1230. The van der Waals surface area contributed by atoms with E-state index < -0.39 is 30.1 Å². The summed E-state index contributed by atoms with van der Waals surface area (Å²) in [5, 5.41) is 19.7. The molecule has 2 heterocycles. The molecule has 11 nitrogen and oxygen atoms in total. The van der Waals surface area contributed by atoms with Crippen molar-refractivity contribution in [2.75, 3.05) is 24.8 Å². The van der Waals surface area contributed by atoms with Gasteiger partial charge in [0, 0.05) is 26.6 Å². The highest BCUT2D eigenvalue weighted by Gasteiger charge is 2.61. The summed E-state index contributed by atoms with van der Waals surface area (Å²) in [6, 6.07) is 6.54. The van der Waals surface area contributed by atoms with Gasteiger partial charge in [-0.1, -0.05) is 6.07 Å². The Kier molecular flexibility index (Phi) is 5.62. The van der Waals surface area contributed by atoms with E-state index >= 15 is 0 Å². The second-order valence-corrected chi connectivity index (χ2v) is 7.33. The zero-order chi connectivity index (χ0) is 23.8. The number of benzene rings is 1. The molecule has 1 atom stereocenters. The van der Waals surface area contributed by atoms with Crippen LogP contribution in [0.15, 0.2) is 30.6 Å². The number of hydrogen-bond acceptors (Lipinski definition) is 8. The van der Waals surface area contributed by atoms with Crippen molar-refractivity contribution in [3.05, 3.63) is 36.3 Å². The van der Waals surface area contributed by atoms with Gasteiger partial charge in [0.25, 0.3) is 11.8 Å². The molecule has 1 aromatic carbocycles. The van der Waals surface area contributed by atoms with E-state index in [1.165, 1.54) is 20.2 Å². The van der Waals surface area contributed by atoms with Crippen LogP contribution in [0.1, 0.15) is 16.9 Å². The quantitative estimate of drug-likeness (QED) is 0.489. The van der Waals surface area contributed by atoms with Gasteiger partial charge in [0.2, 0.25) is 5.91 Å². The van der Waals surface area contributed by atoms with Crippen molar-refractivity contribution in [1.82, 2.24) is 30.3 Å². The Morgan fingerprint density at radius 2 is 2.00 bits per heavy atom. The number of halogens is 2. The molecule has 0 unspecified atom stereocenters. The van der Waals surface area contributed by atoms with Gasteiger partial charge in [0.05, 0.1) is 24.0 Å². The average molecular weight is 458 g/mol. The third-order valence-corrected chi connectivity index (χ3v) is 4.96. The summed E-state index contributed by atoms with van der Waals surface area (Å²) in [5.74, 6) is -5.10. The van der Waals surface area contributed by atoms with Crippen LogP contribution in [0.3, 0.4) is 0 Å². The van der Waals surface area contributed by atoms with Gasteiger partial charge < -0.3 is 20.7 Å². The number of ether oxygens (including phenoxy) is 1. The first kappa shape index (κ1) is 22.0. The fourth-order valence-electron chi connectivity index (χ4n) is 3.18. The van der Waals surface area contributed by atoms with Crippen LogP contribution in [0, 0.1) is 5.92 Å². The molecule has 1 saturated carbocycles. The lowest BCUT2D eigenvalue weighted by Crippen LogP contribution is -2.23. The van der Waals surface area contributed by atoms with Gasteiger partial charge in [0.15, 0.2) is 23.1 Å². The van der Waals surface area contributed by atoms with Crippen molar-refractivity contribution in [2.24, 2.45) is 13.0 Å². The molecule has 2 amide bonds. The van der Waals surface area contributed by atoms with E-state index in [9.17, 15) is 18.4 Å². The van der Waals surface area contributed by atoms with Gasteiger partial charge >= 0.3 is 0 Å². The fourth-order valence-corrected chi connectivity index (χ4v) is 3.18. The number of carbonyl (C=O) groups is 2. The number of para-hydroxylation sites is 1. The first-order valence-electron chi connectivity index (χ1n) is 9.82. The smallest absolute Gasteiger partial charge is 0.273 e. The molecular weight excluding hydrogens is 438 g/mol. The predicted molar refractivity (Wildman–Crippen MR) is 113 cm³/mol. The lowest BCUT2D eigenvalue weighted by atomic mass is 10.1. The van der Waals surface area contributed by atoms with E-state index in [0.717, 1.165) is 0 Å². The molecular formula is C20H20F2N8O3. The summed E-state index contributed by atoms with van der Waals surface area (Å²) < 4.78 is 33.5. The molecule has 172 valence electrons. The highest BCUT2D eigenvalue weighted by molar-refractivity contribution is 6.00. The standard InChI is InChI=1S/C20H20F2N8O3/c1-23-19(32)15-13(7-14(27-28-15)26-18(31)11-8-20(11,21)22)25-12-6-4-5-10(16(12)33-3)17-24-9-30(2)29-17/h4-7,9,11H,8H2,1-3H3,(H,23,32)(H2,25,26,27,31)/t11-/m0/s1. The largest absolute Gasteiger partial charge is 0.494 e. The zero-order valence-corrected chi connectivity index (χ0v) is 17.9. The second-order valence-electron chi connectivity index (χ2n) is 7.33. The number of nitrogens with one attached hydrogen (secondary N) is 3. The summed E-state index contributed by atoms with van der Waals surface area (Å²) in [6.07, 6.45) is 1.03. The summed E-state index contributed by atoms with van der Waals surface area (Å²) >= 11 is 0. The number of methoxy groups -OCH3 is 1. The molecule has 1 aliphatic carbocycles. The van der Waals surface area contributed by atoms with E-state index in [0.29, 0.717) is 22.8 Å². The van der Waals surface area contributed by atoms with Gasteiger partial charge in [-0.15, -0.1) is 10.2 Å². The van der Waals surface area contributed by atoms with E-state index in [2.05, 4.69) is 36.2 Å². The van der Waals surface area contributed by atoms with Crippen molar-refractivity contribution >= 4 is 29.0 Å². The van der Waals surface area contributed by atoms with E-state index in [1.54, 1.807) is 36.3 Å². The maximum absolute atomic E-state index is 13.2. The monoisotopic (exact) mass is 458 g/mol. The maximum atomic E-state index is 13.2. The molecule has 1 fully saturated rings. The Hall–Kier alpha value is -4.16.